The first kappa shape index (κ1) is 15.1. The maximum absolute atomic E-state index is 11.6. The molecule has 0 N–H and O–H groups in total. The number of rotatable bonds is 4. The van der Waals surface area contributed by atoms with Gasteiger partial charge in [-0.1, -0.05) is 0 Å². The van der Waals surface area contributed by atoms with E-state index in [1.54, 1.807) is 16.8 Å². The number of imidazole rings is 1. The monoisotopic (exact) mass is 321 g/mol. The maximum Gasteiger partial charge on any atom is 0.211 e. The highest BCUT2D eigenvalue weighted by atomic mass is 32.2. The minimum atomic E-state index is -3.09. The molecule has 0 aliphatic carbocycles. The average Bonchev–Trinajstić information content (AvgIpc) is 3.07. The van der Waals surface area contributed by atoms with Gasteiger partial charge in [0.2, 0.25) is 10.0 Å². The molecular formula is C14H19N5O2S. The predicted molar refractivity (Wildman–Crippen MR) is 82.5 cm³/mol. The van der Waals surface area contributed by atoms with Crippen LogP contribution in [-0.2, 0) is 23.5 Å². The third-order valence-electron chi connectivity index (χ3n) is 3.99. The van der Waals surface area contributed by atoms with Crippen molar-refractivity contribution in [3.63, 3.8) is 0 Å². The summed E-state index contributed by atoms with van der Waals surface area (Å²) in [6, 6.07) is 1.94. The molecular weight excluding hydrogens is 302 g/mol. The summed E-state index contributed by atoms with van der Waals surface area (Å²) in [7, 11) is -1.17. The smallest absolute Gasteiger partial charge is 0.211 e. The van der Waals surface area contributed by atoms with Crippen LogP contribution < -0.4 is 0 Å². The van der Waals surface area contributed by atoms with Crippen molar-refractivity contribution in [2.45, 2.75) is 12.8 Å². The van der Waals surface area contributed by atoms with Crippen molar-refractivity contribution in [3.8, 4) is 11.5 Å². The third-order valence-corrected chi connectivity index (χ3v) is 5.26. The summed E-state index contributed by atoms with van der Waals surface area (Å²) in [5.74, 6) is 1.10. The number of aromatic nitrogens is 4. The van der Waals surface area contributed by atoms with Crippen molar-refractivity contribution in [3.05, 3.63) is 30.5 Å². The lowest BCUT2D eigenvalue weighted by molar-refractivity contribution is 0.459. The van der Waals surface area contributed by atoms with Crippen LogP contribution in [0.5, 0.6) is 0 Å². The number of sulfonamides is 1. The van der Waals surface area contributed by atoms with Crippen LogP contribution in [0.2, 0.25) is 0 Å². The average molecular weight is 321 g/mol. The van der Waals surface area contributed by atoms with Crippen molar-refractivity contribution < 1.29 is 8.42 Å². The maximum atomic E-state index is 11.6. The fourth-order valence-electron chi connectivity index (χ4n) is 2.80. The second-order valence-corrected chi connectivity index (χ2v) is 7.72. The molecule has 0 radical (unpaired) electrons. The van der Waals surface area contributed by atoms with Gasteiger partial charge in [-0.25, -0.2) is 27.7 Å². The minimum Gasteiger partial charge on any atom is -0.333 e. The Morgan fingerprint density at radius 3 is 2.77 bits per heavy atom. The largest absolute Gasteiger partial charge is 0.333 e. The summed E-state index contributed by atoms with van der Waals surface area (Å²) in [6.45, 7) is 1.17. The second kappa shape index (κ2) is 5.77. The van der Waals surface area contributed by atoms with Gasteiger partial charge in [0.1, 0.15) is 12.0 Å². The van der Waals surface area contributed by atoms with Crippen LogP contribution in [-0.4, -0.2) is 51.6 Å². The van der Waals surface area contributed by atoms with E-state index in [1.165, 1.54) is 6.26 Å². The predicted octanol–water partition coefficient (Wildman–Crippen LogP) is 0.701. The molecule has 0 unspecified atom stereocenters. The van der Waals surface area contributed by atoms with Gasteiger partial charge in [-0.05, 0) is 24.8 Å². The lowest BCUT2D eigenvalue weighted by atomic mass is 10.0. The van der Waals surface area contributed by atoms with Crippen molar-refractivity contribution in [2.24, 2.45) is 13.0 Å². The number of aryl methyl sites for hydroxylation is 1. The number of hydrogen-bond acceptors (Lipinski definition) is 5. The molecule has 3 rings (SSSR count). The van der Waals surface area contributed by atoms with Crippen molar-refractivity contribution in [1.82, 2.24) is 23.8 Å². The molecule has 2 aromatic rings. The fourth-order valence-corrected chi connectivity index (χ4v) is 3.72. The van der Waals surface area contributed by atoms with E-state index in [4.69, 9.17) is 0 Å². The van der Waals surface area contributed by atoms with E-state index in [2.05, 4.69) is 15.0 Å². The summed E-state index contributed by atoms with van der Waals surface area (Å²) >= 11 is 0. The minimum absolute atomic E-state index is 0.304. The van der Waals surface area contributed by atoms with Crippen LogP contribution >= 0.6 is 0 Å². The molecule has 1 saturated heterocycles. The second-order valence-electron chi connectivity index (χ2n) is 5.74. The zero-order valence-corrected chi connectivity index (χ0v) is 13.5. The zero-order chi connectivity index (χ0) is 15.7. The van der Waals surface area contributed by atoms with Gasteiger partial charge in [-0.15, -0.1) is 0 Å². The van der Waals surface area contributed by atoms with Gasteiger partial charge >= 0.3 is 0 Å². The Bertz CT molecular complexity index is 771. The molecule has 0 aromatic carbocycles. The molecule has 1 aliphatic rings. The molecule has 7 nitrogen and oxygen atoms in total. The van der Waals surface area contributed by atoms with Crippen LogP contribution in [0.25, 0.3) is 11.5 Å². The Hall–Kier alpha value is -1.80. The van der Waals surface area contributed by atoms with E-state index in [1.807, 2.05) is 23.9 Å². The molecule has 8 heteroatoms. The van der Waals surface area contributed by atoms with E-state index in [-0.39, 0.29) is 0 Å². The molecule has 1 atom stereocenters. The van der Waals surface area contributed by atoms with Crippen LogP contribution in [0.4, 0.5) is 0 Å². The van der Waals surface area contributed by atoms with Crippen LogP contribution in [0.3, 0.4) is 0 Å². The molecule has 1 aliphatic heterocycles. The van der Waals surface area contributed by atoms with Crippen LogP contribution in [0, 0.1) is 5.92 Å². The van der Waals surface area contributed by atoms with Crippen molar-refractivity contribution >= 4 is 10.0 Å². The van der Waals surface area contributed by atoms with Gasteiger partial charge in [0, 0.05) is 38.2 Å². The lowest BCUT2D eigenvalue weighted by Crippen LogP contribution is -2.27. The molecule has 118 valence electrons. The van der Waals surface area contributed by atoms with Gasteiger partial charge < -0.3 is 4.57 Å². The molecule has 0 amide bonds. The summed E-state index contributed by atoms with van der Waals surface area (Å²) in [6.07, 6.45) is 8.04. The molecule has 2 aromatic heterocycles. The molecule has 3 heterocycles. The highest BCUT2D eigenvalue weighted by Gasteiger charge is 2.28. The Labute approximate surface area is 130 Å². The summed E-state index contributed by atoms with van der Waals surface area (Å²) in [5.41, 5.74) is 1.71. The lowest BCUT2D eigenvalue weighted by Gasteiger charge is -2.13. The van der Waals surface area contributed by atoms with Crippen LogP contribution in [0.15, 0.2) is 24.8 Å². The molecule has 1 fully saturated rings. The van der Waals surface area contributed by atoms with Gasteiger partial charge in [-0.3, -0.25) is 0 Å². The van der Waals surface area contributed by atoms with E-state index >= 15 is 0 Å². The molecule has 0 bridgehead atoms. The van der Waals surface area contributed by atoms with Gasteiger partial charge in [0.25, 0.3) is 0 Å². The van der Waals surface area contributed by atoms with E-state index < -0.39 is 10.0 Å². The van der Waals surface area contributed by atoms with Gasteiger partial charge in [0.05, 0.1) is 6.26 Å². The standard InChI is InChI=1S/C14H19N5O2S/c1-18-6-4-15-14(18)13-8-12(16-10-17-13)7-11-3-5-19(9-11)22(2,20)21/h4,6,8,10-11H,3,5,7,9H2,1-2H3/t11-/m1/s1. The fraction of sp³-hybridized carbons (Fsp3) is 0.500. The van der Waals surface area contributed by atoms with Gasteiger partial charge in [-0.2, -0.15) is 0 Å². The molecule has 0 saturated carbocycles. The Morgan fingerprint density at radius 1 is 1.32 bits per heavy atom. The normalized spacial score (nSPS) is 19.6. The first-order valence-electron chi connectivity index (χ1n) is 7.17. The van der Waals surface area contributed by atoms with Crippen LogP contribution in [0.1, 0.15) is 12.1 Å². The first-order valence-corrected chi connectivity index (χ1v) is 9.02. The van der Waals surface area contributed by atoms with Crippen molar-refractivity contribution in [1.29, 1.82) is 0 Å². The Kier molecular flexibility index (Phi) is 3.96. The summed E-state index contributed by atoms with van der Waals surface area (Å²) < 4.78 is 26.6. The van der Waals surface area contributed by atoms with Gasteiger partial charge in [0.15, 0.2) is 5.82 Å². The Balaban J connectivity index is 1.73. The summed E-state index contributed by atoms with van der Waals surface area (Å²) in [4.78, 5) is 12.9. The van der Waals surface area contributed by atoms with E-state index in [0.717, 1.165) is 30.1 Å². The highest BCUT2D eigenvalue weighted by molar-refractivity contribution is 7.88. The van der Waals surface area contributed by atoms with E-state index in [9.17, 15) is 8.42 Å². The number of hydrogen-bond donors (Lipinski definition) is 0. The zero-order valence-electron chi connectivity index (χ0n) is 12.7. The topological polar surface area (TPSA) is 81.0 Å². The SMILES string of the molecule is Cn1ccnc1-c1cc(C[C@H]2CCN(S(C)(=O)=O)C2)ncn1. The number of nitrogens with zero attached hydrogens (tertiary/aromatic N) is 5. The Morgan fingerprint density at radius 2 is 2.14 bits per heavy atom. The first-order chi connectivity index (χ1) is 10.4. The molecule has 0 spiro atoms. The molecule has 22 heavy (non-hydrogen) atoms. The van der Waals surface area contributed by atoms with E-state index in [0.29, 0.717) is 19.0 Å². The summed E-state index contributed by atoms with van der Waals surface area (Å²) in [5, 5.41) is 0. The van der Waals surface area contributed by atoms with Crippen molar-refractivity contribution in [2.75, 3.05) is 19.3 Å². The highest BCUT2D eigenvalue weighted by Crippen LogP contribution is 2.23. The quantitative estimate of drug-likeness (QED) is 0.828. The third kappa shape index (κ3) is 3.17.